The smallest absolute Gasteiger partial charge is 0.330 e. The molecule has 0 N–H and O–H groups in total. The van der Waals surface area contributed by atoms with Crippen LogP contribution in [0.4, 0.5) is 0 Å². The molecule has 0 rings (SSSR count). The van der Waals surface area contributed by atoms with E-state index in [-0.39, 0.29) is 0 Å². The first-order chi connectivity index (χ1) is 8.12. The van der Waals surface area contributed by atoms with E-state index in [1.54, 1.807) is 6.92 Å². The van der Waals surface area contributed by atoms with Crippen LogP contribution in [0.25, 0.3) is 0 Å². The molecule has 0 aromatic rings. The Kier molecular flexibility index (Phi) is 7.29. The fourth-order valence-corrected chi connectivity index (χ4v) is 1.96. The van der Waals surface area contributed by atoms with Gasteiger partial charge in [0.25, 0.3) is 0 Å². The normalized spacial score (nSPS) is 14.9. The van der Waals surface area contributed by atoms with E-state index in [0.29, 0.717) is 13.0 Å². The van der Waals surface area contributed by atoms with Gasteiger partial charge >= 0.3 is 5.97 Å². The summed E-state index contributed by atoms with van der Waals surface area (Å²) < 4.78 is 5.06. The van der Waals surface area contributed by atoms with Crippen molar-refractivity contribution < 1.29 is 9.53 Å². The van der Waals surface area contributed by atoms with Crippen LogP contribution in [-0.4, -0.2) is 12.6 Å². The minimum Gasteiger partial charge on any atom is -0.465 e. The van der Waals surface area contributed by atoms with Gasteiger partial charge in [0, 0.05) is 0 Å². The minimum atomic E-state index is -1.08. The molecule has 0 aliphatic heterocycles. The standard InChI is InChI=1S/C14H23NO2/c1-5-9-12(10-6-2)14(7-3,11-15)13(16)17-8-4/h9H,5-8,10H2,1-4H3/b12-9+. The van der Waals surface area contributed by atoms with Crippen LogP contribution in [0, 0.1) is 16.7 Å². The predicted molar refractivity (Wildman–Crippen MR) is 68.3 cm³/mol. The molecule has 0 aliphatic carbocycles. The van der Waals surface area contributed by atoms with E-state index in [0.717, 1.165) is 24.8 Å². The Morgan fingerprint density at radius 3 is 2.35 bits per heavy atom. The Balaban J connectivity index is 5.36. The lowest BCUT2D eigenvalue weighted by Gasteiger charge is -2.26. The Bertz CT molecular complexity index is 315. The summed E-state index contributed by atoms with van der Waals surface area (Å²) in [5, 5.41) is 9.41. The number of esters is 1. The Morgan fingerprint density at radius 2 is 2.00 bits per heavy atom. The van der Waals surface area contributed by atoms with Gasteiger partial charge in [-0.1, -0.05) is 33.3 Å². The summed E-state index contributed by atoms with van der Waals surface area (Å²) in [6.07, 6.45) is 4.99. The van der Waals surface area contributed by atoms with Gasteiger partial charge in [-0.3, -0.25) is 0 Å². The molecule has 0 radical (unpaired) electrons. The molecule has 1 atom stereocenters. The molecular weight excluding hydrogens is 214 g/mol. The monoisotopic (exact) mass is 237 g/mol. The molecule has 0 heterocycles. The lowest BCUT2D eigenvalue weighted by molar-refractivity contribution is -0.150. The number of rotatable bonds is 7. The second kappa shape index (κ2) is 7.89. The minimum absolute atomic E-state index is 0.313. The van der Waals surface area contributed by atoms with Crippen LogP contribution < -0.4 is 0 Å². The molecule has 0 aliphatic rings. The second-order valence-electron chi connectivity index (χ2n) is 3.98. The molecule has 0 aromatic carbocycles. The van der Waals surface area contributed by atoms with E-state index in [1.165, 1.54) is 0 Å². The summed E-state index contributed by atoms with van der Waals surface area (Å²) in [6, 6.07) is 2.18. The largest absolute Gasteiger partial charge is 0.465 e. The molecule has 0 spiro atoms. The Hall–Kier alpha value is -1.30. The molecule has 0 bridgehead atoms. The van der Waals surface area contributed by atoms with Gasteiger partial charge in [0.15, 0.2) is 5.41 Å². The summed E-state index contributed by atoms with van der Waals surface area (Å²) in [4.78, 5) is 12.0. The summed E-state index contributed by atoms with van der Waals surface area (Å²) in [5.41, 5.74) is -0.173. The number of carbonyl (C=O) groups excluding carboxylic acids is 1. The van der Waals surface area contributed by atoms with Crippen LogP contribution in [0.1, 0.15) is 53.4 Å². The number of hydrogen-bond donors (Lipinski definition) is 0. The highest BCUT2D eigenvalue weighted by Crippen LogP contribution is 2.35. The number of carbonyl (C=O) groups is 1. The van der Waals surface area contributed by atoms with Gasteiger partial charge < -0.3 is 4.74 Å². The Morgan fingerprint density at radius 1 is 1.35 bits per heavy atom. The van der Waals surface area contributed by atoms with Gasteiger partial charge in [0.05, 0.1) is 12.7 Å². The molecule has 0 aromatic heterocycles. The van der Waals surface area contributed by atoms with Crippen molar-refractivity contribution in [3.05, 3.63) is 11.6 Å². The molecule has 1 unspecified atom stereocenters. The SMILES string of the molecule is CC/C=C(\CCC)C(C#N)(CC)C(=O)OCC. The maximum absolute atomic E-state index is 12.0. The lowest BCUT2D eigenvalue weighted by atomic mass is 9.76. The van der Waals surface area contributed by atoms with E-state index in [2.05, 4.69) is 6.07 Å². The fraction of sp³-hybridized carbons (Fsp3) is 0.714. The molecule has 3 heteroatoms. The van der Waals surface area contributed by atoms with Crippen molar-refractivity contribution in [2.24, 2.45) is 5.41 Å². The van der Waals surface area contributed by atoms with Crippen LogP contribution in [0.3, 0.4) is 0 Å². The van der Waals surface area contributed by atoms with Crippen molar-refractivity contribution >= 4 is 5.97 Å². The van der Waals surface area contributed by atoms with Crippen LogP contribution in [0.2, 0.25) is 0 Å². The van der Waals surface area contributed by atoms with Crippen molar-refractivity contribution in [3.8, 4) is 6.07 Å². The number of allylic oxidation sites excluding steroid dienone is 1. The van der Waals surface area contributed by atoms with E-state index in [1.807, 2.05) is 26.8 Å². The van der Waals surface area contributed by atoms with Crippen LogP contribution >= 0.6 is 0 Å². The third-order valence-corrected chi connectivity index (χ3v) is 2.86. The fourth-order valence-electron chi connectivity index (χ4n) is 1.96. The predicted octanol–water partition coefficient (Wildman–Crippen LogP) is 3.61. The van der Waals surface area contributed by atoms with E-state index < -0.39 is 11.4 Å². The average Bonchev–Trinajstić information content (AvgIpc) is 2.32. The van der Waals surface area contributed by atoms with Gasteiger partial charge in [-0.05, 0) is 31.8 Å². The van der Waals surface area contributed by atoms with Crippen molar-refractivity contribution in [2.75, 3.05) is 6.61 Å². The van der Waals surface area contributed by atoms with E-state index in [9.17, 15) is 10.1 Å². The van der Waals surface area contributed by atoms with Gasteiger partial charge in [-0.25, -0.2) is 4.79 Å². The van der Waals surface area contributed by atoms with Crippen molar-refractivity contribution in [1.82, 2.24) is 0 Å². The molecule has 0 amide bonds. The van der Waals surface area contributed by atoms with Gasteiger partial charge in [-0.2, -0.15) is 5.26 Å². The number of nitriles is 1. The van der Waals surface area contributed by atoms with Crippen LogP contribution in [0.15, 0.2) is 11.6 Å². The molecule has 0 saturated carbocycles. The molecule has 17 heavy (non-hydrogen) atoms. The molecular formula is C14H23NO2. The first-order valence-corrected chi connectivity index (χ1v) is 6.40. The van der Waals surface area contributed by atoms with Crippen molar-refractivity contribution in [3.63, 3.8) is 0 Å². The Labute approximate surface area is 104 Å². The highest BCUT2D eigenvalue weighted by atomic mass is 16.5. The van der Waals surface area contributed by atoms with Crippen LogP contribution in [-0.2, 0) is 9.53 Å². The average molecular weight is 237 g/mol. The first kappa shape index (κ1) is 15.7. The van der Waals surface area contributed by atoms with E-state index in [4.69, 9.17) is 4.74 Å². The highest BCUT2D eigenvalue weighted by molar-refractivity contribution is 5.84. The third-order valence-electron chi connectivity index (χ3n) is 2.86. The number of hydrogen-bond acceptors (Lipinski definition) is 3. The summed E-state index contributed by atoms with van der Waals surface area (Å²) in [6.45, 7) is 8.00. The third kappa shape index (κ3) is 3.59. The summed E-state index contributed by atoms with van der Waals surface area (Å²) in [7, 11) is 0. The van der Waals surface area contributed by atoms with E-state index >= 15 is 0 Å². The van der Waals surface area contributed by atoms with Crippen molar-refractivity contribution in [2.45, 2.75) is 53.4 Å². The zero-order valence-electron chi connectivity index (χ0n) is 11.4. The van der Waals surface area contributed by atoms with Gasteiger partial charge in [0.2, 0.25) is 0 Å². The maximum atomic E-state index is 12.0. The summed E-state index contributed by atoms with van der Waals surface area (Å²) in [5.74, 6) is -0.404. The van der Waals surface area contributed by atoms with Gasteiger partial charge in [0.1, 0.15) is 0 Å². The van der Waals surface area contributed by atoms with Crippen LogP contribution in [0.5, 0.6) is 0 Å². The molecule has 0 fully saturated rings. The maximum Gasteiger partial charge on any atom is 0.330 e. The zero-order valence-corrected chi connectivity index (χ0v) is 11.4. The molecule has 96 valence electrons. The topological polar surface area (TPSA) is 50.1 Å². The molecule has 0 saturated heterocycles. The lowest BCUT2D eigenvalue weighted by Crippen LogP contribution is -2.33. The quantitative estimate of drug-likeness (QED) is 0.502. The summed E-state index contributed by atoms with van der Waals surface area (Å²) >= 11 is 0. The van der Waals surface area contributed by atoms with Gasteiger partial charge in [-0.15, -0.1) is 0 Å². The second-order valence-corrected chi connectivity index (χ2v) is 3.98. The number of nitrogens with zero attached hydrogens (tertiary/aromatic N) is 1. The number of ether oxygens (including phenoxy) is 1. The van der Waals surface area contributed by atoms with Crippen molar-refractivity contribution in [1.29, 1.82) is 5.26 Å². The highest BCUT2D eigenvalue weighted by Gasteiger charge is 2.41. The zero-order chi connectivity index (χ0) is 13.3. The molecule has 3 nitrogen and oxygen atoms in total. The first-order valence-electron chi connectivity index (χ1n) is 6.40.